The number of carbonyl (C=O) groups is 1. The molecule has 1 N–H and O–H groups in total. The van der Waals surface area contributed by atoms with Gasteiger partial charge in [0.15, 0.2) is 16.9 Å². The normalized spacial score (nSPS) is 22.7. The summed E-state index contributed by atoms with van der Waals surface area (Å²) in [5, 5.41) is 10.6. The number of aliphatic hydroxyl groups is 1. The summed E-state index contributed by atoms with van der Waals surface area (Å²) in [7, 11) is 1.48. The van der Waals surface area contributed by atoms with Gasteiger partial charge in [0.2, 0.25) is 5.75 Å². The van der Waals surface area contributed by atoms with Crippen molar-refractivity contribution in [3.8, 4) is 11.5 Å². The van der Waals surface area contributed by atoms with E-state index in [9.17, 15) is 14.7 Å². The van der Waals surface area contributed by atoms with Crippen LogP contribution in [0.1, 0.15) is 26.7 Å². The van der Waals surface area contributed by atoms with Crippen molar-refractivity contribution in [3.05, 3.63) is 46.3 Å². The van der Waals surface area contributed by atoms with E-state index in [2.05, 4.69) is 0 Å². The van der Waals surface area contributed by atoms with Crippen LogP contribution in [0.5, 0.6) is 11.5 Å². The van der Waals surface area contributed by atoms with Crippen molar-refractivity contribution in [3.63, 3.8) is 0 Å². The molecule has 3 rings (SSSR count). The summed E-state index contributed by atoms with van der Waals surface area (Å²) in [4.78, 5) is 23.0. The maximum absolute atomic E-state index is 11.5. The molecule has 144 valence electrons. The van der Waals surface area contributed by atoms with Crippen LogP contribution in [0.4, 0.5) is 0 Å². The molecule has 1 aromatic heterocycles. The Morgan fingerprint density at radius 1 is 1.33 bits per heavy atom. The van der Waals surface area contributed by atoms with Gasteiger partial charge in [0.05, 0.1) is 7.11 Å². The highest BCUT2D eigenvalue weighted by Crippen LogP contribution is 2.35. The van der Waals surface area contributed by atoms with E-state index in [-0.39, 0.29) is 19.1 Å². The second kappa shape index (κ2) is 7.44. The van der Waals surface area contributed by atoms with Crippen molar-refractivity contribution < 1.29 is 28.5 Å². The second-order valence-electron chi connectivity index (χ2n) is 6.84. The molecular formula is C20H22O7. The standard InChI is InChI=1S/C20H22O7/c1-12(10-14-11-20(2,23)19(22)26-14)8-9-25-15-6-4-13-5-7-16(21)27-17(13)18(15)24-3/h4-8,14,23H,9-11H2,1-3H3/b12-8+/t14?,20-/m1/s1. The highest BCUT2D eigenvalue weighted by molar-refractivity contribution is 5.85. The van der Waals surface area contributed by atoms with Crippen LogP contribution >= 0.6 is 0 Å². The van der Waals surface area contributed by atoms with Gasteiger partial charge in [0.1, 0.15) is 12.7 Å². The van der Waals surface area contributed by atoms with Crippen molar-refractivity contribution in [2.45, 2.75) is 38.4 Å². The predicted molar refractivity (Wildman–Crippen MR) is 98.0 cm³/mol. The first-order chi connectivity index (χ1) is 12.8. The largest absolute Gasteiger partial charge is 0.490 e. The Kier molecular flexibility index (Phi) is 5.23. The fourth-order valence-corrected chi connectivity index (χ4v) is 3.07. The van der Waals surface area contributed by atoms with Gasteiger partial charge in [-0.3, -0.25) is 0 Å². The Balaban J connectivity index is 1.67. The van der Waals surface area contributed by atoms with Gasteiger partial charge in [-0.2, -0.15) is 0 Å². The predicted octanol–water partition coefficient (Wildman–Crippen LogP) is 2.58. The Morgan fingerprint density at radius 2 is 2.07 bits per heavy atom. The van der Waals surface area contributed by atoms with Crippen LogP contribution in [-0.2, 0) is 9.53 Å². The number of ether oxygens (including phenoxy) is 3. The molecule has 1 aliphatic heterocycles. The van der Waals surface area contributed by atoms with Crippen molar-refractivity contribution in [1.82, 2.24) is 0 Å². The van der Waals surface area contributed by atoms with Crippen LogP contribution in [0.3, 0.4) is 0 Å². The molecule has 2 atom stereocenters. The fraction of sp³-hybridized carbons (Fsp3) is 0.400. The molecule has 1 saturated heterocycles. The van der Waals surface area contributed by atoms with Gasteiger partial charge in [0.25, 0.3) is 0 Å². The minimum Gasteiger partial charge on any atom is -0.490 e. The Hall–Kier alpha value is -2.80. The van der Waals surface area contributed by atoms with Crippen LogP contribution in [0.25, 0.3) is 11.0 Å². The lowest BCUT2D eigenvalue weighted by Crippen LogP contribution is -2.29. The summed E-state index contributed by atoms with van der Waals surface area (Å²) >= 11 is 0. The minimum absolute atomic E-state index is 0.266. The van der Waals surface area contributed by atoms with Crippen LogP contribution in [0.15, 0.2) is 45.1 Å². The van der Waals surface area contributed by atoms with Crippen LogP contribution in [-0.4, -0.2) is 36.5 Å². The Labute approximate surface area is 156 Å². The first kappa shape index (κ1) is 19.0. The zero-order valence-electron chi connectivity index (χ0n) is 15.5. The number of carbonyl (C=O) groups excluding carboxylic acids is 1. The molecule has 2 heterocycles. The van der Waals surface area contributed by atoms with Crippen molar-refractivity contribution in [2.24, 2.45) is 0 Å². The summed E-state index contributed by atoms with van der Waals surface area (Å²) in [6, 6.07) is 6.55. The van der Waals surface area contributed by atoms with E-state index in [0.717, 1.165) is 11.0 Å². The molecule has 0 saturated carbocycles. The van der Waals surface area contributed by atoms with Gasteiger partial charge < -0.3 is 23.7 Å². The zero-order valence-corrected chi connectivity index (χ0v) is 15.5. The lowest BCUT2D eigenvalue weighted by atomic mass is 9.99. The summed E-state index contributed by atoms with van der Waals surface area (Å²) < 4.78 is 21.5. The smallest absolute Gasteiger partial charge is 0.338 e. The molecule has 1 fully saturated rings. The van der Waals surface area contributed by atoms with Gasteiger partial charge in [-0.05, 0) is 38.1 Å². The molecule has 0 aliphatic carbocycles. The van der Waals surface area contributed by atoms with E-state index < -0.39 is 17.2 Å². The maximum Gasteiger partial charge on any atom is 0.338 e. The maximum atomic E-state index is 11.5. The molecule has 0 bridgehead atoms. The number of fused-ring (bicyclic) bond motifs is 1. The highest BCUT2D eigenvalue weighted by atomic mass is 16.6. The van der Waals surface area contributed by atoms with Crippen molar-refractivity contribution in [2.75, 3.05) is 13.7 Å². The monoisotopic (exact) mass is 374 g/mol. The molecule has 2 aromatic rings. The second-order valence-corrected chi connectivity index (χ2v) is 6.84. The Morgan fingerprint density at radius 3 is 2.74 bits per heavy atom. The number of hydrogen-bond donors (Lipinski definition) is 1. The van der Waals surface area contributed by atoms with Gasteiger partial charge in [-0.1, -0.05) is 5.57 Å². The molecular weight excluding hydrogens is 352 g/mol. The number of methoxy groups -OCH3 is 1. The SMILES string of the molecule is COc1c(OC/C=C(\C)CC2C[C@@](C)(O)C(=O)O2)ccc2ccc(=O)oc12. The molecule has 1 unspecified atom stereocenters. The zero-order chi connectivity index (χ0) is 19.6. The number of benzene rings is 1. The summed E-state index contributed by atoms with van der Waals surface area (Å²) in [5.41, 5.74) is -0.570. The minimum atomic E-state index is -1.41. The van der Waals surface area contributed by atoms with E-state index >= 15 is 0 Å². The third-order valence-electron chi connectivity index (χ3n) is 4.47. The average Bonchev–Trinajstić information content (AvgIpc) is 2.86. The van der Waals surface area contributed by atoms with Crippen molar-refractivity contribution in [1.29, 1.82) is 0 Å². The fourth-order valence-electron chi connectivity index (χ4n) is 3.07. The third kappa shape index (κ3) is 4.14. The van der Waals surface area contributed by atoms with Crippen molar-refractivity contribution >= 4 is 16.9 Å². The molecule has 1 aromatic carbocycles. The molecule has 7 nitrogen and oxygen atoms in total. The Bertz CT molecular complexity index is 939. The van der Waals surface area contributed by atoms with E-state index in [1.165, 1.54) is 20.1 Å². The number of cyclic esters (lactones) is 1. The first-order valence-electron chi connectivity index (χ1n) is 8.63. The van der Waals surface area contributed by atoms with E-state index in [1.807, 2.05) is 13.0 Å². The summed E-state index contributed by atoms with van der Waals surface area (Å²) in [6.45, 7) is 3.63. The van der Waals surface area contributed by atoms with Gasteiger partial charge in [0, 0.05) is 24.3 Å². The number of rotatable bonds is 6. The van der Waals surface area contributed by atoms with Crippen LogP contribution in [0, 0.1) is 0 Å². The quantitative estimate of drug-likeness (QED) is 0.472. The third-order valence-corrected chi connectivity index (χ3v) is 4.47. The van der Waals surface area contributed by atoms with E-state index in [4.69, 9.17) is 18.6 Å². The average molecular weight is 374 g/mol. The van der Waals surface area contributed by atoms with Gasteiger partial charge >= 0.3 is 11.6 Å². The topological polar surface area (TPSA) is 95.2 Å². The first-order valence-corrected chi connectivity index (χ1v) is 8.63. The van der Waals surface area contributed by atoms with Crippen LogP contribution in [0.2, 0.25) is 0 Å². The number of esters is 1. The summed E-state index contributed by atoms with van der Waals surface area (Å²) in [6.07, 6.45) is 2.32. The molecule has 7 heteroatoms. The highest BCUT2D eigenvalue weighted by Gasteiger charge is 2.43. The van der Waals surface area contributed by atoms with Gasteiger partial charge in [-0.15, -0.1) is 0 Å². The lowest BCUT2D eigenvalue weighted by Gasteiger charge is -2.12. The van der Waals surface area contributed by atoms with E-state index in [0.29, 0.717) is 23.5 Å². The summed E-state index contributed by atoms with van der Waals surface area (Å²) in [5.74, 6) is 0.231. The van der Waals surface area contributed by atoms with Crippen LogP contribution < -0.4 is 15.1 Å². The molecule has 0 radical (unpaired) electrons. The molecule has 0 spiro atoms. The molecule has 1 aliphatic rings. The van der Waals surface area contributed by atoms with Gasteiger partial charge in [-0.25, -0.2) is 9.59 Å². The number of hydrogen-bond acceptors (Lipinski definition) is 7. The van der Waals surface area contributed by atoms with E-state index in [1.54, 1.807) is 18.2 Å². The molecule has 0 amide bonds. The molecule has 27 heavy (non-hydrogen) atoms. The lowest BCUT2D eigenvalue weighted by molar-refractivity contribution is -0.153.